The highest BCUT2D eigenvalue weighted by molar-refractivity contribution is 4.86. The second-order valence-electron chi connectivity index (χ2n) is 3.80. The van der Waals surface area contributed by atoms with Crippen molar-refractivity contribution in [3.05, 3.63) is 0 Å². The third kappa shape index (κ3) is 4.05. The Morgan fingerprint density at radius 1 is 1.31 bits per heavy atom. The van der Waals surface area contributed by atoms with Crippen molar-refractivity contribution in [3.63, 3.8) is 0 Å². The van der Waals surface area contributed by atoms with E-state index in [2.05, 4.69) is 17.6 Å². The highest BCUT2D eigenvalue weighted by Crippen LogP contribution is 2.04. The van der Waals surface area contributed by atoms with Gasteiger partial charge in [-0.05, 0) is 13.0 Å². The van der Waals surface area contributed by atoms with Gasteiger partial charge >= 0.3 is 0 Å². The number of hydrogen-bond donors (Lipinski definition) is 2. The average molecular weight is 188 g/mol. The molecule has 0 aromatic carbocycles. The maximum Gasteiger partial charge on any atom is 0.129 e. The van der Waals surface area contributed by atoms with Crippen molar-refractivity contribution >= 4 is 0 Å². The minimum atomic E-state index is -0.689. The van der Waals surface area contributed by atoms with E-state index in [1.54, 1.807) is 0 Å². The Bertz CT molecular complexity index is 130. The van der Waals surface area contributed by atoms with E-state index in [1.165, 1.54) is 25.7 Å². The fourth-order valence-corrected chi connectivity index (χ4v) is 1.69. The molecule has 1 aliphatic heterocycles. The Balaban J connectivity index is 1.93. The Hall–Kier alpha value is -0.150. The molecule has 0 aliphatic carbocycles. The second kappa shape index (κ2) is 6.33. The molecular weight excluding hydrogens is 167 g/mol. The van der Waals surface area contributed by atoms with Gasteiger partial charge in [0.25, 0.3) is 0 Å². The zero-order valence-electron chi connectivity index (χ0n) is 8.48. The van der Waals surface area contributed by atoms with Crippen LogP contribution in [0.15, 0.2) is 0 Å². The maximum absolute atomic E-state index is 13.0. The highest BCUT2D eigenvalue weighted by atomic mass is 19.1. The van der Waals surface area contributed by atoms with Crippen LogP contribution in [0.4, 0.5) is 4.39 Å². The molecule has 0 saturated carbocycles. The molecule has 1 heterocycles. The summed E-state index contributed by atoms with van der Waals surface area (Å²) in [5, 5.41) is 6.29. The number of alkyl halides is 1. The average Bonchev–Trinajstić information content (AvgIpc) is 2.52. The first-order valence-corrected chi connectivity index (χ1v) is 5.42. The predicted octanol–water partition coefficient (Wildman–Crippen LogP) is 1.47. The molecule has 0 aromatic rings. The van der Waals surface area contributed by atoms with Gasteiger partial charge in [-0.1, -0.05) is 26.2 Å². The molecule has 3 heteroatoms. The molecule has 2 nitrogen and oxygen atoms in total. The van der Waals surface area contributed by atoms with Gasteiger partial charge in [-0.3, -0.25) is 0 Å². The van der Waals surface area contributed by atoms with Gasteiger partial charge in [-0.2, -0.15) is 0 Å². The molecule has 1 fully saturated rings. The van der Waals surface area contributed by atoms with Gasteiger partial charge in [0.1, 0.15) is 6.17 Å². The van der Waals surface area contributed by atoms with E-state index < -0.39 is 6.17 Å². The van der Waals surface area contributed by atoms with Crippen LogP contribution in [0.2, 0.25) is 0 Å². The van der Waals surface area contributed by atoms with Gasteiger partial charge in [0.2, 0.25) is 0 Å². The second-order valence-corrected chi connectivity index (χ2v) is 3.80. The van der Waals surface area contributed by atoms with Crippen molar-refractivity contribution < 1.29 is 4.39 Å². The fourth-order valence-electron chi connectivity index (χ4n) is 1.69. The van der Waals surface area contributed by atoms with Crippen molar-refractivity contribution in [1.29, 1.82) is 0 Å². The Labute approximate surface area is 80.3 Å². The first-order chi connectivity index (χ1) is 6.34. The van der Waals surface area contributed by atoms with E-state index in [4.69, 9.17) is 0 Å². The van der Waals surface area contributed by atoms with Crippen LogP contribution in [-0.2, 0) is 0 Å². The lowest BCUT2D eigenvalue weighted by Crippen LogP contribution is -2.37. The molecule has 1 rings (SSSR count). The van der Waals surface area contributed by atoms with Crippen LogP contribution in [0, 0.1) is 0 Å². The van der Waals surface area contributed by atoms with Gasteiger partial charge in [0, 0.05) is 13.1 Å². The Morgan fingerprint density at radius 3 is 2.77 bits per heavy atom. The van der Waals surface area contributed by atoms with Gasteiger partial charge in [0.05, 0.1) is 6.04 Å². The fraction of sp³-hybridized carbons (Fsp3) is 1.00. The Morgan fingerprint density at radius 2 is 2.15 bits per heavy atom. The van der Waals surface area contributed by atoms with Crippen molar-refractivity contribution in [2.75, 3.05) is 19.6 Å². The van der Waals surface area contributed by atoms with Crippen LogP contribution in [-0.4, -0.2) is 31.8 Å². The summed E-state index contributed by atoms with van der Waals surface area (Å²) in [6.07, 6.45) is 4.31. The summed E-state index contributed by atoms with van der Waals surface area (Å²) >= 11 is 0. The standard InChI is InChI=1S/C10H21FN2/c1-2-3-4-5-6-13-10-8-12-7-9(10)11/h9-10,12-13H,2-8H2,1H3. The summed E-state index contributed by atoms with van der Waals surface area (Å²) < 4.78 is 13.0. The molecule has 2 unspecified atom stereocenters. The topological polar surface area (TPSA) is 24.1 Å². The maximum atomic E-state index is 13.0. The quantitative estimate of drug-likeness (QED) is 0.617. The monoisotopic (exact) mass is 188 g/mol. The molecule has 1 aliphatic rings. The van der Waals surface area contributed by atoms with E-state index in [1.807, 2.05) is 0 Å². The minimum Gasteiger partial charge on any atom is -0.312 e. The van der Waals surface area contributed by atoms with E-state index in [-0.39, 0.29) is 6.04 Å². The number of unbranched alkanes of at least 4 members (excludes halogenated alkanes) is 3. The normalized spacial score (nSPS) is 28.2. The smallest absolute Gasteiger partial charge is 0.129 e. The summed E-state index contributed by atoms with van der Waals surface area (Å²) in [5.74, 6) is 0. The van der Waals surface area contributed by atoms with Crippen LogP contribution >= 0.6 is 0 Å². The number of nitrogens with one attached hydrogen (secondary N) is 2. The summed E-state index contributed by atoms with van der Waals surface area (Å²) in [5.41, 5.74) is 0. The highest BCUT2D eigenvalue weighted by Gasteiger charge is 2.25. The van der Waals surface area contributed by atoms with Crippen LogP contribution in [0.25, 0.3) is 0 Å². The summed E-state index contributed by atoms with van der Waals surface area (Å²) in [4.78, 5) is 0. The van der Waals surface area contributed by atoms with Crippen molar-refractivity contribution in [3.8, 4) is 0 Å². The third-order valence-electron chi connectivity index (χ3n) is 2.58. The molecule has 1 saturated heterocycles. The molecule has 0 radical (unpaired) electrons. The zero-order valence-corrected chi connectivity index (χ0v) is 8.48. The molecule has 0 bridgehead atoms. The molecule has 0 amide bonds. The van der Waals surface area contributed by atoms with Gasteiger partial charge < -0.3 is 10.6 Å². The summed E-state index contributed by atoms with van der Waals surface area (Å²) in [7, 11) is 0. The first kappa shape index (κ1) is 10.9. The first-order valence-electron chi connectivity index (χ1n) is 5.42. The third-order valence-corrected chi connectivity index (χ3v) is 2.58. The van der Waals surface area contributed by atoms with Crippen molar-refractivity contribution in [2.24, 2.45) is 0 Å². The van der Waals surface area contributed by atoms with E-state index in [0.717, 1.165) is 13.1 Å². The SMILES string of the molecule is CCCCCCNC1CNCC1F. The molecule has 13 heavy (non-hydrogen) atoms. The molecular formula is C10H21FN2. The van der Waals surface area contributed by atoms with E-state index >= 15 is 0 Å². The van der Waals surface area contributed by atoms with Crippen LogP contribution in [0.3, 0.4) is 0 Å². The van der Waals surface area contributed by atoms with E-state index in [9.17, 15) is 4.39 Å². The molecule has 0 spiro atoms. The van der Waals surface area contributed by atoms with Gasteiger partial charge in [-0.25, -0.2) is 4.39 Å². The molecule has 2 atom stereocenters. The number of hydrogen-bond acceptors (Lipinski definition) is 2. The number of halogens is 1. The van der Waals surface area contributed by atoms with Crippen LogP contribution < -0.4 is 10.6 Å². The molecule has 0 aromatic heterocycles. The zero-order chi connectivity index (χ0) is 9.52. The lowest BCUT2D eigenvalue weighted by atomic mass is 10.2. The lowest BCUT2D eigenvalue weighted by molar-refractivity contribution is 0.298. The largest absolute Gasteiger partial charge is 0.312 e. The Kier molecular flexibility index (Phi) is 5.32. The van der Waals surface area contributed by atoms with Gasteiger partial charge in [0.15, 0.2) is 0 Å². The predicted molar refractivity (Wildman–Crippen MR) is 53.7 cm³/mol. The van der Waals surface area contributed by atoms with E-state index in [0.29, 0.717) is 6.54 Å². The van der Waals surface area contributed by atoms with Crippen LogP contribution in [0.5, 0.6) is 0 Å². The van der Waals surface area contributed by atoms with Gasteiger partial charge in [-0.15, -0.1) is 0 Å². The summed E-state index contributed by atoms with van der Waals surface area (Å²) in [6.45, 7) is 4.47. The van der Waals surface area contributed by atoms with Crippen molar-refractivity contribution in [2.45, 2.75) is 44.8 Å². The van der Waals surface area contributed by atoms with Crippen molar-refractivity contribution in [1.82, 2.24) is 10.6 Å². The molecule has 2 N–H and O–H groups in total. The summed E-state index contributed by atoms with van der Waals surface area (Å²) in [6, 6.07) is 0.0571. The molecule has 78 valence electrons. The lowest BCUT2D eigenvalue weighted by Gasteiger charge is -2.13. The minimum absolute atomic E-state index is 0.0571. The van der Waals surface area contributed by atoms with Crippen LogP contribution in [0.1, 0.15) is 32.6 Å². The number of rotatable bonds is 6.